The van der Waals surface area contributed by atoms with Crippen molar-refractivity contribution in [2.45, 2.75) is 43.9 Å². The fraction of sp³-hybridized carbons (Fsp3) is 0.471. The van der Waals surface area contributed by atoms with Gasteiger partial charge in [-0.15, -0.1) is 0 Å². The number of aromatic nitrogens is 2. The van der Waals surface area contributed by atoms with E-state index in [-0.39, 0.29) is 0 Å². The molecule has 0 atom stereocenters. The molecule has 8 nitrogen and oxygen atoms in total. The quantitative estimate of drug-likeness (QED) is 0.744. The van der Waals surface area contributed by atoms with Crippen molar-refractivity contribution in [1.29, 1.82) is 0 Å². The lowest BCUT2D eigenvalue weighted by Crippen LogP contribution is -2.31. The minimum absolute atomic E-state index is 0.434. The molecule has 138 valence electrons. The molecule has 26 heavy (non-hydrogen) atoms. The normalized spacial score (nSPS) is 18.4. The zero-order valence-corrected chi connectivity index (χ0v) is 15.0. The van der Waals surface area contributed by atoms with Crippen molar-refractivity contribution in [3.05, 3.63) is 41.2 Å². The lowest BCUT2D eigenvalue weighted by molar-refractivity contribution is 0.216. The smallest absolute Gasteiger partial charge is 0.205 e. The van der Waals surface area contributed by atoms with Gasteiger partial charge in [0.25, 0.3) is 0 Å². The SMILES string of the molecule is O=S(=O)([O-])c1ccc(CN2CCc3nc(C4=NCCCC4)ncc3C2)o1. The molecule has 0 unspecified atom stereocenters. The summed E-state index contributed by atoms with van der Waals surface area (Å²) in [5, 5.41) is -0.536. The molecule has 0 amide bonds. The predicted octanol–water partition coefficient (Wildman–Crippen LogP) is 1.50. The summed E-state index contributed by atoms with van der Waals surface area (Å²) in [4.78, 5) is 15.8. The molecule has 2 aromatic rings. The van der Waals surface area contributed by atoms with Crippen LogP contribution in [0.15, 0.2) is 32.8 Å². The molecule has 0 saturated heterocycles. The molecule has 2 aromatic heterocycles. The molecule has 0 radical (unpaired) electrons. The van der Waals surface area contributed by atoms with E-state index in [9.17, 15) is 13.0 Å². The van der Waals surface area contributed by atoms with Crippen molar-refractivity contribution in [1.82, 2.24) is 14.9 Å². The van der Waals surface area contributed by atoms with Gasteiger partial charge in [0, 0.05) is 37.8 Å². The van der Waals surface area contributed by atoms with Crippen LogP contribution in [0.3, 0.4) is 0 Å². The minimum Gasteiger partial charge on any atom is -0.742 e. The third-order valence-corrected chi connectivity index (χ3v) is 5.37. The van der Waals surface area contributed by atoms with E-state index in [2.05, 4.69) is 14.9 Å². The molecule has 0 N–H and O–H groups in total. The van der Waals surface area contributed by atoms with E-state index in [0.29, 0.717) is 18.8 Å². The Bertz CT molecular complexity index is 951. The van der Waals surface area contributed by atoms with Crippen LogP contribution >= 0.6 is 0 Å². The van der Waals surface area contributed by atoms with Crippen LogP contribution in [0, 0.1) is 0 Å². The van der Waals surface area contributed by atoms with Crippen LogP contribution < -0.4 is 0 Å². The van der Waals surface area contributed by atoms with Crippen LogP contribution in [0.1, 0.15) is 42.1 Å². The molecule has 0 aromatic carbocycles. The van der Waals surface area contributed by atoms with Crippen LogP contribution in [-0.2, 0) is 29.6 Å². The molecule has 0 saturated carbocycles. The van der Waals surface area contributed by atoms with Crippen molar-refractivity contribution >= 4 is 15.8 Å². The van der Waals surface area contributed by atoms with Gasteiger partial charge in [-0.25, -0.2) is 18.4 Å². The Morgan fingerprint density at radius 1 is 1.23 bits per heavy atom. The first kappa shape index (κ1) is 17.3. The lowest BCUT2D eigenvalue weighted by atomic mass is 10.1. The van der Waals surface area contributed by atoms with Gasteiger partial charge in [-0.1, -0.05) is 0 Å². The average Bonchev–Trinajstić information content (AvgIpc) is 3.11. The van der Waals surface area contributed by atoms with E-state index < -0.39 is 15.2 Å². The van der Waals surface area contributed by atoms with E-state index in [0.717, 1.165) is 61.6 Å². The average molecular weight is 375 g/mol. The number of rotatable bonds is 4. The van der Waals surface area contributed by atoms with E-state index >= 15 is 0 Å². The molecule has 4 rings (SSSR count). The van der Waals surface area contributed by atoms with Gasteiger partial charge in [-0.05, 0) is 31.4 Å². The first-order valence-electron chi connectivity index (χ1n) is 8.64. The van der Waals surface area contributed by atoms with Crippen LogP contribution in [0.5, 0.6) is 0 Å². The topological polar surface area (TPSA) is 112 Å². The molecule has 0 bridgehead atoms. The van der Waals surface area contributed by atoms with Gasteiger partial charge in [-0.2, -0.15) is 0 Å². The minimum atomic E-state index is -4.55. The monoisotopic (exact) mass is 375 g/mol. The fourth-order valence-electron chi connectivity index (χ4n) is 3.33. The highest BCUT2D eigenvalue weighted by Gasteiger charge is 2.21. The summed E-state index contributed by atoms with van der Waals surface area (Å²) in [5.41, 5.74) is 3.10. The third kappa shape index (κ3) is 3.69. The summed E-state index contributed by atoms with van der Waals surface area (Å²) in [6.45, 7) is 2.72. The maximum Gasteiger partial charge on any atom is 0.205 e. The third-order valence-electron chi connectivity index (χ3n) is 4.66. The zero-order chi connectivity index (χ0) is 18.1. The summed E-state index contributed by atoms with van der Waals surface area (Å²) in [6.07, 6.45) is 5.85. The molecule has 2 aliphatic heterocycles. The van der Waals surface area contributed by atoms with Crippen molar-refractivity contribution in [2.24, 2.45) is 4.99 Å². The zero-order valence-electron chi connectivity index (χ0n) is 14.2. The number of furan rings is 1. The molecule has 0 fully saturated rings. The highest BCUT2D eigenvalue weighted by Crippen LogP contribution is 2.21. The van der Waals surface area contributed by atoms with Gasteiger partial charge in [0.1, 0.15) is 5.76 Å². The van der Waals surface area contributed by atoms with Gasteiger partial charge < -0.3 is 8.97 Å². The Labute approximate surface area is 151 Å². The first-order valence-corrected chi connectivity index (χ1v) is 10.1. The molecule has 0 spiro atoms. The summed E-state index contributed by atoms with van der Waals surface area (Å²) < 4.78 is 38.1. The maximum atomic E-state index is 11.0. The Kier molecular flexibility index (Phi) is 4.60. The number of hydrogen-bond acceptors (Lipinski definition) is 8. The Balaban J connectivity index is 1.46. The molecular formula is C17H19N4O4S-. The summed E-state index contributed by atoms with van der Waals surface area (Å²) >= 11 is 0. The molecule has 0 aliphatic carbocycles. The highest BCUT2D eigenvalue weighted by atomic mass is 32.2. The molecule has 2 aliphatic rings. The summed E-state index contributed by atoms with van der Waals surface area (Å²) in [5.74, 6) is 1.20. The Hall–Kier alpha value is -2.10. The lowest BCUT2D eigenvalue weighted by Gasteiger charge is -2.27. The van der Waals surface area contributed by atoms with Gasteiger partial charge in [-0.3, -0.25) is 9.89 Å². The van der Waals surface area contributed by atoms with Crippen LogP contribution in [0.25, 0.3) is 0 Å². The van der Waals surface area contributed by atoms with Crippen LogP contribution in [0.2, 0.25) is 0 Å². The number of aliphatic imine (C=N–C) groups is 1. The second kappa shape index (κ2) is 6.90. The van der Waals surface area contributed by atoms with Crippen LogP contribution in [0.4, 0.5) is 0 Å². The van der Waals surface area contributed by atoms with Gasteiger partial charge >= 0.3 is 0 Å². The fourth-order valence-corrected chi connectivity index (χ4v) is 3.77. The van der Waals surface area contributed by atoms with Crippen LogP contribution in [-0.4, -0.2) is 46.6 Å². The first-order chi connectivity index (χ1) is 12.5. The standard InChI is InChI=1S/C17H20N4O4S/c22-26(23,24)16-5-4-13(25-16)11-21-8-6-14-12(10-21)9-19-17(20-14)15-3-1-2-7-18-15/h4-5,9H,1-3,6-8,10-11H2,(H,22,23,24)/p-1. The summed E-state index contributed by atoms with van der Waals surface area (Å²) in [7, 11) is -4.55. The van der Waals surface area contributed by atoms with E-state index in [1.807, 2.05) is 6.20 Å². The van der Waals surface area contributed by atoms with Gasteiger partial charge in [0.2, 0.25) is 5.09 Å². The van der Waals surface area contributed by atoms with Crippen molar-refractivity contribution in [3.63, 3.8) is 0 Å². The number of nitrogens with zero attached hydrogens (tertiary/aromatic N) is 4. The molecular weight excluding hydrogens is 356 g/mol. The second-order valence-electron chi connectivity index (χ2n) is 6.59. The largest absolute Gasteiger partial charge is 0.742 e. The van der Waals surface area contributed by atoms with Crippen molar-refractivity contribution < 1.29 is 17.4 Å². The molecule has 9 heteroatoms. The van der Waals surface area contributed by atoms with Gasteiger partial charge in [0.15, 0.2) is 15.9 Å². The Morgan fingerprint density at radius 3 is 2.85 bits per heavy atom. The second-order valence-corrected chi connectivity index (χ2v) is 7.90. The van der Waals surface area contributed by atoms with E-state index in [1.165, 1.54) is 12.1 Å². The van der Waals surface area contributed by atoms with Crippen molar-refractivity contribution in [3.8, 4) is 0 Å². The molecule has 4 heterocycles. The maximum absolute atomic E-state index is 11.0. The van der Waals surface area contributed by atoms with E-state index in [1.54, 1.807) is 0 Å². The highest BCUT2D eigenvalue weighted by molar-refractivity contribution is 7.85. The number of fused-ring (bicyclic) bond motifs is 1. The Morgan fingerprint density at radius 2 is 2.12 bits per heavy atom. The summed E-state index contributed by atoms with van der Waals surface area (Å²) in [6, 6.07) is 2.73. The van der Waals surface area contributed by atoms with Crippen molar-refractivity contribution in [2.75, 3.05) is 13.1 Å². The van der Waals surface area contributed by atoms with E-state index in [4.69, 9.17) is 9.40 Å². The predicted molar refractivity (Wildman–Crippen MR) is 91.8 cm³/mol. The van der Waals surface area contributed by atoms with Gasteiger partial charge in [0.05, 0.1) is 18.0 Å². The number of hydrogen-bond donors (Lipinski definition) is 0.